The summed E-state index contributed by atoms with van der Waals surface area (Å²) in [4.78, 5) is 1.97. The highest BCUT2D eigenvalue weighted by molar-refractivity contribution is 14.1. The number of hydrogen-bond donors (Lipinski definition) is 0. The van der Waals surface area contributed by atoms with Crippen molar-refractivity contribution in [2.45, 2.75) is 6.42 Å². The van der Waals surface area contributed by atoms with Gasteiger partial charge < -0.3 is 14.0 Å². The highest BCUT2D eigenvalue weighted by atomic mass is 127. The van der Waals surface area contributed by atoms with Crippen LogP contribution in [0, 0.1) is 0 Å². The van der Waals surface area contributed by atoms with E-state index in [1.807, 2.05) is 23.1 Å². The second-order valence-corrected chi connectivity index (χ2v) is 8.66. The number of benzene rings is 4. The van der Waals surface area contributed by atoms with Gasteiger partial charge in [0.25, 0.3) is 0 Å². The molecule has 1 aliphatic rings. The molecule has 1 aromatic heterocycles. The van der Waals surface area contributed by atoms with E-state index in [4.69, 9.17) is 9.47 Å². The lowest BCUT2D eigenvalue weighted by Gasteiger charge is -2.05. The van der Waals surface area contributed by atoms with Gasteiger partial charge in [-0.15, -0.1) is 0 Å². The smallest absolute Gasteiger partial charge is 0.120 e. The molecule has 1 heterocycles. The number of allylic oxidation sites excluding steroid dienone is 1. The second-order valence-electron chi connectivity index (χ2n) is 8.66. The Morgan fingerprint density at radius 1 is 0.676 bits per heavy atom. The highest BCUT2D eigenvalue weighted by Gasteiger charge is 2.14. The van der Waals surface area contributed by atoms with Crippen LogP contribution in [0.5, 0.6) is 11.5 Å². The van der Waals surface area contributed by atoms with Gasteiger partial charge in [0.1, 0.15) is 11.5 Å². The molecule has 0 N–H and O–H groups in total. The summed E-state index contributed by atoms with van der Waals surface area (Å²) in [5.41, 5.74) is 8.99. The number of aryl methyl sites for hydroxylation is 1. The largest absolute Gasteiger partial charge is 0.497 e. The zero-order chi connectivity index (χ0) is 26.2. The predicted molar refractivity (Wildman–Crippen MR) is 166 cm³/mol. The number of methoxy groups -OCH3 is 2. The standard InChI is InChI=1S/C16H15NO.C16H14O.CH3I/c1-17-15(12-6-4-3-5-7-12)10-13-8-9-14(18-2)11-16(13)17;1-17-16-8-7-13-9-14(10-15(13)11-16)12-5-3-2-4-6-12;1-2/h3-11H,1-2H3;2-9,11H,10H2,1H3;1H3. The number of rotatable bonds is 4. The van der Waals surface area contributed by atoms with E-state index in [1.165, 1.54) is 44.4 Å². The molecule has 4 heteroatoms. The van der Waals surface area contributed by atoms with Crippen LogP contribution in [-0.2, 0) is 13.5 Å². The van der Waals surface area contributed by atoms with Gasteiger partial charge in [-0.1, -0.05) is 95.4 Å². The van der Waals surface area contributed by atoms with Crippen molar-refractivity contribution in [2.24, 2.45) is 7.05 Å². The number of ether oxygens (including phenoxy) is 2. The molecule has 4 aromatic carbocycles. The maximum Gasteiger partial charge on any atom is 0.120 e. The highest BCUT2D eigenvalue weighted by Crippen LogP contribution is 2.33. The first-order valence-corrected chi connectivity index (χ1v) is 14.3. The monoisotopic (exact) mass is 601 g/mol. The lowest BCUT2D eigenvalue weighted by atomic mass is 10.0. The lowest BCUT2D eigenvalue weighted by molar-refractivity contribution is 0.414. The number of hydrogen-bond acceptors (Lipinski definition) is 2. The molecule has 0 atom stereocenters. The fraction of sp³-hybridized carbons (Fsp3) is 0.152. The Labute approximate surface area is 233 Å². The summed E-state index contributed by atoms with van der Waals surface area (Å²) < 4.78 is 12.7. The molecular formula is C33H32INO2. The van der Waals surface area contributed by atoms with Crippen LogP contribution in [0.15, 0.2) is 103 Å². The van der Waals surface area contributed by atoms with Gasteiger partial charge in [0, 0.05) is 24.2 Å². The number of alkyl halides is 1. The van der Waals surface area contributed by atoms with Crippen LogP contribution in [0.1, 0.15) is 16.7 Å². The van der Waals surface area contributed by atoms with Crippen molar-refractivity contribution in [3.63, 3.8) is 0 Å². The molecule has 5 aromatic rings. The van der Waals surface area contributed by atoms with Crippen molar-refractivity contribution < 1.29 is 9.47 Å². The summed E-state index contributed by atoms with van der Waals surface area (Å²) in [6, 6.07) is 35.6. The summed E-state index contributed by atoms with van der Waals surface area (Å²) in [7, 11) is 5.49. The Hall–Kier alpha value is -3.51. The first-order chi connectivity index (χ1) is 18.2. The normalized spacial score (nSPS) is 11.4. The third-order valence-corrected chi connectivity index (χ3v) is 6.53. The molecule has 0 saturated carbocycles. The summed E-state index contributed by atoms with van der Waals surface area (Å²) in [5.74, 6) is 1.83. The summed E-state index contributed by atoms with van der Waals surface area (Å²) in [5, 5.41) is 1.23. The van der Waals surface area contributed by atoms with E-state index in [-0.39, 0.29) is 0 Å². The van der Waals surface area contributed by atoms with E-state index in [1.54, 1.807) is 14.2 Å². The van der Waals surface area contributed by atoms with Gasteiger partial charge in [0.15, 0.2) is 0 Å². The molecule has 0 spiro atoms. The van der Waals surface area contributed by atoms with Crippen LogP contribution in [0.3, 0.4) is 0 Å². The maximum atomic E-state index is 5.28. The predicted octanol–water partition coefficient (Wildman–Crippen LogP) is 8.70. The summed E-state index contributed by atoms with van der Waals surface area (Å²) in [6.45, 7) is 0. The van der Waals surface area contributed by atoms with Gasteiger partial charge in [-0.2, -0.15) is 0 Å². The quantitative estimate of drug-likeness (QED) is 0.152. The Balaban J connectivity index is 0.000000162. The van der Waals surface area contributed by atoms with E-state index in [2.05, 4.69) is 125 Å². The van der Waals surface area contributed by atoms with E-state index in [0.717, 1.165) is 17.9 Å². The second kappa shape index (κ2) is 12.6. The van der Waals surface area contributed by atoms with Crippen molar-refractivity contribution in [3.8, 4) is 22.8 Å². The molecule has 0 saturated heterocycles. The van der Waals surface area contributed by atoms with Crippen LogP contribution in [0.25, 0.3) is 33.8 Å². The van der Waals surface area contributed by atoms with E-state index in [0.29, 0.717) is 0 Å². The average molecular weight is 602 g/mol. The van der Waals surface area contributed by atoms with E-state index >= 15 is 0 Å². The average Bonchev–Trinajstić information content (AvgIpc) is 3.55. The summed E-state index contributed by atoms with van der Waals surface area (Å²) >= 11 is 2.15. The minimum Gasteiger partial charge on any atom is -0.497 e. The Morgan fingerprint density at radius 3 is 1.92 bits per heavy atom. The number of fused-ring (bicyclic) bond motifs is 2. The van der Waals surface area contributed by atoms with Crippen LogP contribution < -0.4 is 9.47 Å². The lowest BCUT2D eigenvalue weighted by Crippen LogP contribution is -1.91. The molecule has 1 aliphatic carbocycles. The van der Waals surface area contributed by atoms with Crippen LogP contribution in [0.2, 0.25) is 0 Å². The van der Waals surface area contributed by atoms with Crippen molar-refractivity contribution in [2.75, 3.05) is 19.2 Å². The van der Waals surface area contributed by atoms with Crippen LogP contribution in [-0.4, -0.2) is 23.7 Å². The molecule has 0 fully saturated rings. The molecule has 0 aliphatic heterocycles. The maximum absolute atomic E-state index is 5.28. The Bertz CT molecular complexity index is 1490. The SMILES string of the molecule is CI.COc1ccc2c(c1)CC(c1ccccc1)=C2.COc1ccc2cc(-c3ccccc3)n(C)c2c1. The van der Waals surface area contributed by atoms with Gasteiger partial charge in [-0.05, 0) is 69.5 Å². The summed E-state index contributed by atoms with van der Waals surface area (Å²) in [6.07, 6.45) is 3.26. The Kier molecular flexibility index (Phi) is 9.07. The first kappa shape index (κ1) is 26.6. The molecular weight excluding hydrogens is 569 g/mol. The van der Waals surface area contributed by atoms with E-state index in [9.17, 15) is 0 Å². The van der Waals surface area contributed by atoms with Gasteiger partial charge in [0.05, 0.1) is 19.7 Å². The van der Waals surface area contributed by atoms with Gasteiger partial charge in [0.2, 0.25) is 0 Å². The topological polar surface area (TPSA) is 23.4 Å². The van der Waals surface area contributed by atoms with Crippen LogP contribution >= 0.6 is 22.6 Å². The molecule has 37 heavy (non-hydrogen) atoms. The number of aromatic nitrogens is 1. The number of halogens is 1. The van der Waals surface area contributed by atoms with Crippen molar-refractivity contribution in [1.82, 2.24) is 4.57 Å². The van der Waals surface area contributed by atoms with Gasteiger partial charge in [-0.3, -0.25) is 0 Å². The molecule has 188 valence electrons. The minimum absolute atomic E-state index is 0.892. The molecule has 3 nitrogen and oxygen atoms in total. The zero-order valence-electron chi connectivity index (χ0n) is 21.7. The Morgan fingerprint density at radius 2 is 1.27 bits per heavy atom. The van der Waals surface area contributed by atoms with Gasteiger partial charge >= 0.3 is 0 Å². The minimum atomic E-state index is 0.892. The molecule has 0 radical (unpaired) electrons. The van der Waals surface area contributed by atoms with Crippen molar-refractivity contribution in [3.05, 3.63) is 120 Å². The fourth-order valence-corrected chi connectivity index (χ4v) is 4.61. The van der Waals surface area contributed by atoms with E-state index < -0.39 is 0 Å². The van der Waals surface area contributed by atoms with Crippen LogP contribution in [0.4, 0.5) is 0 Å². The third kappa shape index (κ3) is 6.08. The zero-order valence-corrected chi connectivity index (χ0v) is 23.9. The van der Waals surface area contributed by atoms with Gasteiger partial charge in [-0.25, -0.2) is 0 Å². The van der Waals surface area contributed by atoms with Crippen molar-refractivity contribution in [1.29, 1.82) is 0 Å². The molecule has 0 bridgehead atoms. The third-order valence-electron chi connectivity index (χ3n) is 6.53. The first-order valence-electron chi connectivity index (χ1n) is 12.2. The number of nitrogens with zero attached hydrogens (tertiary/aromatic N) is 1. The molecule has 0 amide bonds. The van der Waals surface area contributed by atoms with Crippen molar-refractivity contribution >= 4 is 45.1 Å². The fourth-order valence-electron chi connectivity index (χ4n) is 4.61. The molecule has 0 unspecified atom stereocenters. The molecule has 6 rings (SSSR count).